The van der Waals surface area contributed by atoms with Crippen LogP contribution in [-0.4, -0.2) is 42.2 Å². The molecule has 6 heteroatoms. The van der Waals surface area contributed by atoms with E-state index in [1.165, 1.54) is 35.4 Å². The summed E-state index contributed by atoms with van der Waals surface area (Å²) < 4.78 is 6.52. The first-order valence-corrected chi connectivity index (χ1v) is 8.92. The summed E-state index contributed by atoms with van der Waals surface area (Å²) in [6.07, 6.45) is 5.28. The van der Waals surface area contributed by atoms with Crippen molar-refractivity contribution in [2.75, 3.05) is 14.2 Å². The number of nitrogens with zero attached hydrogens (tertiary/aromatic N) is 2. The molecule has 0 aliphatic carbocycles. The molecule has 0 radical (unpaired) electrons. The average Bonchev–Trinajstić information content (AvgIpc) is 3.08. The van der Waals surface area contributed by atoms with Crippen molar-refractivity contribution < 1.29 is 4.74 Å². The fraction of sp³-hybridized carbons (Fsp3) is 0.588. The molecule has 2 fully saturated rings. The highest BCUT2D eigenvalue weighted by Crippen LogP contribution is 2.31. The van der Waals surface area contributed by atoms with E-state index in [-0.39, 0.29) is 12.4 Å². The SMILES string of the molecule is COc1ccc2nc(CN(C)C3CC4CCC(C3)N4)sc2c1.Cl. The maximum atomic E-state index is 5.30. The molecule has 0 amide bonds. The molecule has 0 spiro atoms. The van der Waals surface area contributed by atoms with E-state index in [1.807, 2.05) is 6.07 Å². The standard InChI is InChI=1S/C17H23N3OS.ClH/c1-20(13-7-11-3-4-12(8-13)18-11)10-17-19-15-6-5-14(21-2)9-16(15)22-17;/h5-6,9,11-13,18H,3-4,7-8,10H2,1-2H3;1H. The van der Waals surface area contributed by atoms with Crippen LogP contribution in [0.3, 0.4) is 0 Å². The number of piperidine rings is 1. The second kappa shape index (κ2) is 6.93. The summed E-state index contributed by atoms with van der Waals surface area (Å²) in [5, 5.41) is 4.92. The highest BCUT2D eigenvalue weighted by molar-refractivity contribution is 7.18. The lowest BCUT2D eigenvalue weighted by Crippen LogP contribution is -2.46. The molecule has 1 N–H and O–H groups in total. The molecule has 126 valence electrons. The Bertz CT molecular complexity index is 665. The van der Waals surface area contributed by atoms with Crippen molar-refractivity contribution in [1.82, 2.24) is 15.2 Å². The Kier molecular flexibility index (Phi) is 5.11. The van der Waals surface area contributed by atoms with Gasteiger partial charge in [-0.15, -0.1) is 23.7 Å². The Morgan fingerprint density at radius 2 is 2.04 bits per heavy atom. The molecule has 2 aliphatic rings. The normalized spacial score (nSPS) is 26.5. The highest BCUT2D eigenvalue weighted by atomic mass is 35.5. The van der Waals surface area contributed by atoms with Gasteiger partial charge in [0.05, 0.1) is 23.9 Å². The van der Waals surface area contributed by atoms with Gasteiger partial charge in [-0.1, -0.05) is 0 Å². The lowest BCUT2D eigenvalue weighted by molar-refractivity contribution is 0.166. The number of benzene rings is 1. The Labute approximate surface area is 147 Å². The monoisotopic (exact) mass is 353 g/mol. The van der Waals surface area contributed by atoms with Crippen LogP contribution in [0.15, 0.2) is 18.2 Å². The summed E-state index contributed by atoms with van der Waals surface area (Å²) in [5.41, 5.74) is 1.08. The topological polar surface area (TPSA) is 37.4 Å². The van der Waals surface area contributed by atoms with Crippen molar-refractivity contribution in [3.05, 3.63) is 23.2 Å². The number of hydrogen-bond donors (Lipinski definition) is 1. The molecule has 0 saturated carbocycles. The van der Waals surface area contributed by atoms with Gasteiger partial charge in [0, 0.05) is 18.1 Å². The predicted molar refractivity (Wildman–Crippen MR) is 97.9 cm³/mol. The summed E-state index contributed by atoms with van der Waals surface area (Å²) in [7, 11) is 3.96. The van der Waals surface area contributed by atoms with Gasteiger partial charge in [0.15, 0.2) is 0 Å². The van der Waals surface area contributed by atoms with Crippen molar-refractivity contribution in [3.8, 4) is 5.75 Å². The van der Waals surface area contributed by atoms with Crippen LogP contribution >= 0.6 is 23.7 Å². The number of halogens is 1. The largest absolute Gasteiger partial charge is 0.497 e. The maximum Gasteiger partial charge on any atom is 0.120 e. The van der Waals surface area contributed by atoms with E-state index in [0.717, 1.165) is 29.9 Å². The van der Waals surface area contributed by atoms with Crippen LogP contribution in [0.4, 0.5) is 0 Å². The van der Waals surface area contributed by atoms with E-state index >= 15 is 0 Å². The van der Waals surface area contributed by atoms with Crippen LogP contribution in [0.5, 0.6) is 5.75 Å². The van der Waals surface area contributed by atoms with Gasteiger partial charge in [-0.2, -0.15) is 0 Å². The minimum absolute atomic E-state index is 0. The second-order valence-electron chi connectivity index (χ2n) is 6.62. The molecular weight excluding hydrogens is 330 g/mol. The van der Waals surface area contributed by atoms with Gasteiger partial charge in [0.1, 0.15) is 10.8 Å². The summed E-state index contributed by atoms with van der Waals surface area (Å²) in [6.45, 7) is 0.950. The second-order valence-corrected chi connectivity index (χ2v) is 7.73. The third-order valence-corrected chi connectivity index (χ3v) is 6.10. The van der Waals surface area contributed by atoms with Gasteiger partial charge in [0.2, 0.25) is 0 Å². The lowest BCUT2D eigenvalue weighted by Gasteiger charge is -2.35. The zero-order valence-electron chi connectivity index (χ0n) is 13.6. The number of nitrogens with one attached hydrogen (secondary N) is 1. The molecule has 1 aromatic carbocycles. The highest BCUT2D eigenvalue weighted by Gasteiger charge is 2.35. The molecule has 1 aromatic heterocycles. The predicted octanol–water partition coefficient (Wildman–Crippen LogP) is 3.44. The van der Waals surface area contributed by atoms with E-state index in [9.17, 15) is 0 Å². The zero-order chi connectivity index (χ0) is 15.1. The number of rotatable bonds is 4. The summed E-state index contributed by atoms with van der Waals surface area (Å²) in [6, 6.07) is 8.30. The number of thiazole rings is 1. The van der Waals surface area contributed by atoms with E-state index in [2.05, 4.69) is 29.4 Å². The van der Waals surface area contributed by atoms with Crippen LogP contribution < -0.4 is 10.1 Å². The zero-order valence-corrected chi connectivity index (χ0v) is 15.3. The number of hydrogen-bond acceptors (Lipinski definition) is 5. The maximum absolute atomic E-state index is 5.30. The van der Waals surface area contributed by atoms with E-state index in [0.29, 0.717) is 6.04 Å². The average molecular weight is 354 g/mol. The molecule has 23 heavy (non-hydrogen) atoms. The molecule has 2 atom stereocenters. The molecule has 4 nitrogen and oxygen atoms in total. The van der Waals surface area contributed by atoms with Crippen LogP contribution in [0.2, 0.25) is 0 Å². The van der Waals surface area contributed by atoms with Gasteiger partial charge in [-0.25, -0.2) is 4.98 Å². The van der Waals surface area contributed by atoms with Gasteiger partial charge < -0.3 is 10.1 Å². The summed E-state index contributed by atoms with van der Waals surface area (Å²) in [4.78, 5) is 7.28. The number of fused-ring (bicyclic) bond motifs is 3. The van der Waals surface area contributed by atoms with Crippen molar-refractivity contribution >= 4 is 34.0 Å². The van der Waals surface area contributed by atoms with Crippen molar-refractivity contribution in [1.29, 1.82) is 0 Å². The minimum Gasteiger partial charge on any atom is -0.497 e. The molecule has 3 heterocycles. The molecule has 4 rings (SSSR count). The van der Waals surface area contributed by atoms with Crippen molar-refractivity contribution in [2.45, 2.75) is 50.4 Å². The molecule has 2 unspecified atom stereocenters. The molecule has 2 bridgehead atoms. The quantitative estimate of drug-likeness (QED) is 0.913. The molecule has 2 aromatic rings. The van der Waals surface area contributed by atoms with E-state index < -0.39 is 0 Å². The van der Waals surface area contributed by atoms with Crippen molar-refractivity contribution in [2.24, 2.45) is 0 Å². The third-order valence-electron chi connectivity index (χ3n) is 5.10. The Hall–Kier alpha value is -0.880. The fourth-order valence-electron chi connectivity index (χ4n) is 3.88. The number of ether oxygens (including phenoxy) is 1. The Morgan fingerprint density at radius 1 is 1.30 bits per heavy atom. The van der Waals surface area contributed by atoms with Gasteiger partial charge in [-0.3, -0.25) is 4.90 Å². The third kappa shape index (κ3) is 3.48. The Balaban J connectivity index is 0.00000156. The van der Waals surface area contributed by atoms with E-state index in [4.69, 9.17) is 9.72 Å². The van der Waals surface area contributed by atoms with Gasteiger partial charge in [0.25, 0.3) is 0 Å². The fourth-order valence-corrected chi connectivity index (χ4v) is 4.94. The van der Waals surface area contributed by atoms with Crippen molar-refractivity contribution in [3.63, 3.8) is 0 Å². The summed E-state index contributed by atoms with van der Waals surface area (Å²) in [5.74, 6) is 0.908. The first-order chi connectivity index (χ1) is 10.7. The minimum atomic E-state index is 0. The van der Waals surface area contributed by atoms with Crippen LogP contribution in [-0.2, 0) is 6.54 Å². The molecule has 2 aliphatic heterocycles. The van der Waals surface area contributed by atoms with E-state index in [1.54, 1.807) is 18.4 Å². The molecule has 2 saturated heterocycles. The first kappa shape index (κ1) is 17.0. The molecular formula is C17H24ClN3OS. The Morgan fingerprint density at radius 3 is 2.74 bits per heavy atom. The van der Waals surface area contributed by atoms with Crippen LogP contribution in [0, 0.1) is 0 Å². The lowest BCUT2D eigenvalue weighted by atomic mass is 9.99. The van der Waals surface area contributed by atoms with Gasteiger partial charge in [-0.05, 0) is 50.9 Å². The first-order valence-electron chi connectivity index (χ1n) is 8.11. The number of methoxy groups -OCH3 is 1. The smallest absolute Gasteiger partial charge is 0.120 e. The van der Waals surface area contributed by atoms with Crippen LogP contribution in [0.25, 0.3) is 10.2 Å². The van der Waals surface area contributed by atoms with Gasteiger partial charge >= 0.3 is 0 Å². The van der Waals surface area contributed by atoms with Crippen LogP contribution in [0.1, 0.15) is 30.7 Å². The number of aromatic nitrogens is 1. The summed E-state index contributed by atoms with van der Waals surface area (Å²) >= 11 is 1.79.